The average molecular weight is 253 g/mol. The van der Waals surface area contributed by atoms with Crippen molar-refractivity contribution in [3.63, 3.8) is 0 Å². The molecule has 5 nitrogen and oxygen atoms in total. The van der Waals surface area contributed by atoms with Crippen molar-refractivity contribution in [2.45, 2.75) is 11.8 Å². The predicted molar refractivity (Wildman–Crippen MR) is 64.6 cm³/mol. The summed E-state index contributed by atoms with van der Waals surface area (Å²) in [6, 6.07) is 6.13. The van der Waals surface area contributed by atoms with E-state index in [2.05, 4.69) is 0 Å². The van der Waals surface area contributed by atoms with Crippen LogP contribution in [0, 0.1) is 6.92 Å². The molecule has 0 aliphatic carbocycles. The number of nitrogens with two attached hydrogens (primary N) is 1. The van der Waals surface area contributed by atoms with Gasteiger partial charge in [-0.25, -0.2) is 0 Å². The van der Waals surface area contributed by atoms with Gasteiger partial charge in [0.1, 0.15) is 10.6 Å². The smallest absolute Gasteiger partial charge is 0.294 e. The number of phenolic OH excluding ortho intramolecular Hbond substituents is 1. The minimum atomic E-state index is -4.38. The normalized spacial score (nSPS) is 11.9. The second kappa shape index (κ2) is 3.61. The van der Waals surface area contributed by atoms with Crippen LogP contribution in [0.25, 0.3) is 10.8 Å². The standard InChI is InChI=1S/C11H11NO4S/c1-6-10(17(14,15)16)5-8-7(11(6)13)3-2-4-9(8)12/h2-5,13H,12H2,1H3,(H,14,15,16). The van der Waals surface area contributed by atoms with Crippen LogP contribution < -0.4 is 5.73 Å². The molecule has 0 spiro atoms. The highest BCUT2D eigenvalue weighted by Gasteiger charge is 2.19. The molecule has 0 bridgehead atoms. The van der Waals surface area contributed by atoms with E-state index in [1.165, 1.54) is 13.0 Å². The zero-order chi connectivity index (χ0) is 12.8. The van der Waals surface area contributed by atoms with E-state index in [0.717, 1.165) is 0 Å². The van der Waals surface area contributed by atoms with Crippen molar-refractivity contribution in [3.05, 3.63) is 29.8 Å². The van der Waals surface area contributed by atoms with Crippen molar-refractivity contribution >= 4 is 26.6 Å². The molecule has 2 aromatic carbocycles. The summed E-state index contributed by atoms with van der Waals surface area (Å²) in [5.41, 5.74) is 6.14. The van der Waals surface area contributed by atoms with Crippen molar-refractivity contribution in [3.8, 4) is 5.75 Å². The molecule has 0 aliphatic rings. The monoisotopic (exact) mass is 253 g/mol. The Labute approximate surface area is 98.2 Å². The quantitative estimate of drug-likeness (QED) is 0.530. The van der Waals surface area contributed by atoms with E-state index >= 15 is 0 Å². The maximum Gasteiger partial charge on any atom is 0.294 e. The summed E-state index contributed by atoms with van der Waals surface area (Å²) < 4.78 is 31.4. The largest absolute Gasteiger partial charge is 0.507 e. The van der Waals surface area contributed by atoms with Gasteiger partial charge in [-0.15, -0.1) is 0 Å². The predicted octanol–water partition coefficient (Wildman–Crippen LogP) is 1.68. The fourth-order valence-electron chi connectivity index (χ4n) is 1.78. The summed E-state index contributed by atoms with van der Waals surface area (Å²) in [4.78, 5) is -0.333. The Hall–Kier alpha value is -1.79. The molecule has 0 heterocycles. The molecule has 2 aromatic rings. The lowest BCUT2D eigenvalue weighted by Gasteiger charge is -2.10. The van der Waals surface area contributed by atoms with Crippen molar-refractivity contribution in [2.24, 2.45) is 0 Å². The molecule has 0 amide bonds. The van der Waals surface area contributed by atoms with Gasteiger partial charge in [0.25, 0.3) is 10.1 Å². The van der Waals surface area contributed by atoms with Crippen molar-refractivity contribution in [1.82, 2.24) is 0 Å². The molecule has 0 radical (unpaired) electrons. The fraction of sp³-hybridized carbons (Fsp3) is 0.0909. The molecule has 0 atom stereocenters. The van der Waals surface area contributed by atoms with Gasteiger partial charge in [0.05, 0.1) is 0 Å². The van der Waals surface area contributed by atoms with Crippen LogP contribution in [0.1, 0.15) is 5.56 Å². The zero-order valence-corrected chi connectivity index (χ0v) is 9.82. The van der Waals surface area contributed by atoms with Crippen LogP contribution in [0.5, 0.6) is 5.75 Å². The molecule has 2 rings (SSSR count). The first kappa shape index (κ1) is 11.7. The maximum atomic E-state index is 11.2. The minimum absolute atomic E-state index is 0.102. The maximum absolute atomic E-state index is 11.2. The lowest BCUT2D eigenvalue weighted by molar-refractivity contribution is 0.466. The molecule has 0 aliphatic heterocycles. The van der Waals surface area contributed by atoms with Crippen LogP contribution >= 0.6 is 0 Å². The molecular weight excluding hydrogens is 242 g/mol. The van der Waals surface area contributed by atoms with Crippen molar-refractivity contribution in [1.29, 1.82) is 0 Å². The Morgan fingerprint density at radius 1 is 1.24 bits per heavy atom. The molecule has 0 aromatic heterocycles. The molecule has 0 saturated heterocycles. The fourth-order valence-corrected chi connectivity index (χ4v) is 2.53. The van der Waals surface area contributed by atoms with Gasteiger partial charge in [-0.05, 0) is 19.1 Å². The van der Waals surface area contributed by atoms with Crippen LogP contribution in [0.4, 0.5) is 5.69 Å². The molecule has 4 N–H and O–H groups in total. The van der Waals surface area contributed by atoms with Crippen molar-refractivity contribution < 1.29 is 18.1 Å². The lowest BCUT2D eigenvalue weighted by Crippen LogP contribution is -2.02. The highest BCUT2D eigenvalue weighted by atomic mass is 32.2. The second-order valence-electron chi connectivity index (χ2n) is 3.77. The number of phenols is 1. The highest BCUT2D eigenvalue weighted by Crippen LogP contribution is 2.35. The van der Waals surface area contributed by atoms with E-state index < -0.39 is 10.1 Å². The highest BCUT2D eigenvalue weighted by molar-refractivity contribution is 7.85. The van der Waals surface area contributed by atoms with E-state index in [-0.39, 0.29) is 16.2 Å². The first-order valence-electron chi connectivity index (χ1n) is 4.80. The Morgan fingerprint density at radius 2 is 1.88 bits per heavy atom. The summed E-state index contributed by atoms with van der Waals surface area (Å²) >= 11 is 0. The second-order valence-corrected chi connectivity index (χ2v) is 5.16. The van der Waals surface area contributed by atoms with Crippen LogP contribution in [0.3, 0.4) is 0 Å². The third-order valence-corrected chi connectivity index (χ3v) is 3.65. The van der Waals surface area contributed by atoms with Crippen LogP contribution in [-0.2, 0) is 10.1 Å². The number of aromatic hydroxyl groups is 1. The lowest BCUT2D eigenvalue weighted by atomic mass is 10.0. The van der Waals surface area contributed by atoms with Crippen LogP contribution in [0.2, 0.25) is 0 Å². The summed E-state index contributed by atoms with van der Waals surface area (Å²) in [6.07, 6.45) is 0. The number of nitrogen functional groups attached to an aromatic ring is 1. The third kappa shape index (κ3) is 1.81. The van der Waals surface area contributed by atoms with Gasteiger partial charge in [-0.2, -0.15) is 8.42 Å². The van der Waals surface area contributed by atoms with Gasteiger partial charge in [0.2, 0.25) is 0 Å². The van der Waals surface area contributed by atoms with Crippen LogP contribution in [0.15, 0.2) is 29.2 Å². The Morgan fingerprint density at radius 3 is 2.47 bits per heavy atom. The third-order valence-electron chi connectivity index (χ3n) is 2.67. The van der Waals surface area contributed by atoms with Gasteiger partial charge >= 0.3 is 0 Å². The number of benzene rings is 2. The Bertz CT molecular complexity index is 707. The van der Waals surface area contributed by atoms with Gasteiger partial charge in [-0.1, -0.05) is 12.1 Å². The molecule has 0 unspecified atom stereocenters. The number of hydrogen-bond acceptors (Lipinski definition) is 4. The Balaban J connectivity index is 3.01. The summed E-state index contributed by atoms with van der Waals surface area (Å²) in [7, 11) is -4.38. The van der Waals surface area contributed by atoms with Crippen molar-refractivity contribution in [2.75, 3.05) is 5.73 Å². The molecule has 0 saturated carbocycles. The van der Waals surface area contributed by atoms with E-state index in [0.29, 0.717) is 16.5 Å². The molecule has 6 heteroatoms. The van der Waals surface area contributed by atoms with E-state index in [9.17, 15) is 13.5 Å². The molecule has 90 valence electrons. The number of rotatable bonds is 1. The average Bonchev–Trinajstić information content (AvgIpc) is 2.22. The Kier molecular flexibility index (Phi) is 2.48. The van der Waals surface area contributed by atoms with E-state index in [4.69, 9.17) is 10.3 Å². The number of hydrogen-bond donors (Lipinski definition) is 3. The topological polar surface area (TPSA) is 101 Å². The van der Waals surface area contributed by atoms with Gasteiger partial charge in [0.15, 0.2) is 0 Å². The summed E-state index contributed by atoms with van der Waals surface area (Å²) in [5, 5.41) is 10.7. The van der Waals surface area contributed by atoms with E-state index in [1.54, 1.807) is 18.2 Å². The van der Waals surface area contributed by atoms with Gasteiger partial charge < -0.3 is 10.8 Å². The van der Waals surface area contributed by atoms with Crippen LogP contribution in [-0.4, -0.2) is 18.1 Å². The molecular formula is C11H11NO4S. The summed E-state index contributed by atoms with van der Waals surface area (Å²) in [6.45, 7) is 1.42. The van der Waals surface area contributed by atoms with Gasteiger partial charge in [0, 0.05) is 22.0 Å². The SMILES string of the molecule is Cc1c(S(=O)(=O)O)cc2c(N)cccc2c1O. The zero-order valence-electron chi connectivity index (χ0n) is 9.01. The first-order valence-corrected chi connectivity index (χ1v) is 6.24. The number of anilines is 1. The van der Waals surface area contributed by atoms with E-state index in [1.807, 2.05) is 0 Å². The first-order chi connectivity index (χ1) is 7.82. The summed E-state index contributed by atoms with van der Waals surface area (Å²) in [5.74, 6) is -0.192. The molecule has 0 fully saturated rings. The number of fused-ring (bicyclic) bond motifs is 1. The minimum Gasteiger partial charge on any atom is -0.507 e. The van der Waals surface area contributed by atoms with Gasteiger partial charge in [-0.3, -0.25) is 4.55 Å². The molecule has 17 heavy (non-hydrogen) atoms.